The van der Waals surface area contributed by atoms with Crippen LogP contribution in [-0.2, 0) is 9.59 Å². The first-order valence-corrected chi connectivity index (χ1v) is 11.6. The van der Waals surface area contributed by atoms with Crippen LogP contribution >= 0.6 is 0 Å². The molecule has 0 fully saturated rings. The lowest BCUT2D eigenvalue weighted by molar-refractivity contribution is -0.137. The zero-order valence-corrected chi connectivity index (χ0v) is 20.4. The first-order valence-electron chi connectivity index (χ1n) is 11.6. The number of nitrogen functional groups attached to an aromatic ring is 2. The van der Waals surface area contributed by atoms with Crippen molar-refractivity contribution in [3.8, 4) is 0 Å². The molecule has 0 radical (unpaired) electrons. The van der Waals surface area contributed by atoms with E-state index in [2.05, 4.69) is 20.6 Å². The topological polar surface area (TPSA) is 136 Å². The van der Waals surface area contributed by atoms with Gasteiger partial charge in [-0.15, -0.1) is 0 Å². The Hall–Kier alpha value is -4.20. The molecule has 0 atom stereocenters. The number of benzene rings is 2. The summed E-state index contributed by atoms with van der Waals surface area (Å²) in [5.74, 6) is -0.758. The number of hydrogen-bond acceptors (Lipinski definition) is 6. The van der Waals surface area contributed by atoms with Crippen molar-refractivity contribution in [3.05, 3.63) is 59.9 Å². The minimum atomic E-state index is -1.27. The Kier molecular flexibility index (Phi) is 6.30. The fraction of sp³-hybridized carbons (Fsp3) is 0.259. The zero-order chi connectivity index (χ0) is 25.3. The van der Waals surface area contributed by atoms with Crippen molar-refractivity contribution >= 4 is 56.4 Å². The van der Waals surface area contributed by atoms with Crippen molar-refractivity contribution in [3.63, 3.8) is 0 Å². The second-order valence-electron chi connectivity index (χ2n) is 8.87. The van der Waals surface area contributed by atoms with Crippen molar-refractivity contribution in [1.82, 2.24) is 9.97 Å². The van der Waals surface area contributed by atoms with Gasteiger partial charge in [0.05, 0.1) is 11.0 Å². The Morgan fingerprint density at radius 2 is 1.14 bits per heavy atom. The maximum absolute atomic E-state index is 13.5. The van der Waals surface area contributed by atoms with E-state index in [-0.39, 0.29) is 11.8 Å². The Morgan fingerprint density at radius 1 is 0.743 bits per heavy atom. The van der Waals surface area contributed by atoms with Crippen LogP contribution in [0.4, 0.5) is 22.7 Å². The number of hydrogen-bond donors (Lipinski definition) is 4. The largest absolute Gasteiger partial charge is 0.398 e. The molecule has 8 heteroatoms. The predicted octanol–water partition coefficient (Wildman–Crippen LogP) is 4.95. The quantitative estimate of drug-likeness (QED) is 0.294. The molecule has 6 N–H and O–H groups in total. The third kappa shape index (κ3) is 4.47. The smallest absolute Gasteiger partial charge is 0.240 e. The van der Waals surface area contributed by atoms with Gasteiger partial charge in [0.25, 0.3) is 0 Å². The Bertz CT molecular complexity index is 1350. The molecule has 0 aliphatic rings. The van der Waals surface area contributed by atoms with Crippen LogP contribution in [0.1, 0.15) is 38.1 Å². The van der Waals surface area contributed by atoms with Crippen molar-refractivity contribution in [2.75, 3.05) is 22.1 Å². The SMILES string of the molecule is CCC(CC)(C(=O)Nc1ccc2nc(C)cc(N)c2c1)C(=O)Nc1ccc2nc(C)cc(N)c2c1. The molecule has 0 bridgehead atoms. The summed E-state index contributed by atoms with van der Waals surface area (Å²) < 4.78 is 0. The second-order valence-corrected chi connectivity index (χ2v) is 8.87. The molecule has 2 aromatic heterocycles. The van der Waals surface area contributed by atoms with E-state index in [0.29, 0.717) is 35.6 Å². The fourth-order valence-corrected chi connectivity index (χ4v) is 4.43. The number of carbonyl (C=O) groups excluding carboxylic acids is 2. The van der Waals surface area contributed by atoms with Crippen LogP contribution in [0, 0.1) is 19.3 Å². The van der Waals surface area contributed by atoms with Crippen molar-refractivity contribution < 1.29 is 9.59 Å². The maximum Gasteiger partial charge on any atom is 0.240 e. The number of anilines is 4. The summed E-state index contributed by atoms with van der Waals surface area (Å²) in [7, 11) is 0. The van der Waals surface area contributed by atoms with E-state index in [1.165, 1.54) is 0 Å². The molecule has 4 rings (SSSR count). The average molecular weight is 471 g/mol. The molecule has 0 aliphatic heterocycles. The minimum absolute atomic E-state index is 0.327. The van der Waals surface area contributed by atoms with E-state index in [1.807, 2.05) is 39.8 Å². The highest BCUT2D eigenvalue weighted by Gasteiger charge is 2.42. The van der Waals surface area contributed by atoms with Crippen LogP contribution in [0.5, 0.6) is 0 Å². The molecule has 4 aromatic rings. The van der Waals surface area contributed by atoms with Gasteiger partial charge in [0, 0.05) is 44.9 Å². The third-order valence-corrected chi connectivity index (χ3v) is 6.53. The monoisotopic (exact) mass is 470 g/mol. The van der Waals surface area contributed by atoms with Crippen molar-refractivity contribution in [2.24, 2.45) is 5.41 Å². The van der Waals surface area contributed by atoms with Gasteiger partial charge in [-0.1, -0.05) is 13.8 Å². The molecule has 0 unspecified atom stereocenters. The Balaban J connectivity index is 1.61. The number of nitrogens with two attached hydrogens (primary N) is 2. The van der Waals surface area contributed by atoms with Crippen LogP contribution in [0.3, 0.4) is 0 Å². The highest BCUT2D eigenvalue weighted by atomic mass is 16.2. The molecule has 0 saturated heterocycles. The molecule has 180 valence electrons. The van der Waals surface area contributed by atoms with Gasteiger partial charge in [0.15, 0.2) is 0 Å². The van der Waals surface area contributed by atoms with E-state index < -0.39 is 5.41 Å². The van der Waals surface area contributed by atoms with Crippen LogP contribution in [0.25, 0.3) is 21.8 Å². The number of nitrogens with zero attached hydrogens (tertiary/aromatic N) is 2. The fourth-order valence-electron chi connectivity index (χ4n) is 4.43. The molecule has 2 amide bonds. The third-order valence-electron chi connectivity index (χ3n) is 6.53. The van der Waals surface area contributed by atoms with Gasteiger partial charge in [-0.25, -0.2) is 0 Å². The van der Waals surface area contributed by atoms with E-state index in [1.54, 1.807) is 36.4 Å². The highest BCUT2D eigenvalue weighted by molar-refractivity contribution is 6.15. The van der Waals surface area contributed by atoms with E-state index in [0.717, 1.165) is 33.2 Å². The van der Waals surface area contributed by atoms with Gasteiger partial charge in [0.2, 0.25) is 11.8 Å². The lowest BCUT2D eigenvalue weighted by atomic mass is 9.80. The molecular formula is C27H30N6O2. The number of aryl methyl sites for hydroxylation is 2. The molecule has 0 saturated carbocycles. The number of aromatic nitrogens is 2. The summed E-state index contributed by atoms with van der Waals surface area (Å²) >= 11 is 0. The number of nitrogens with one attached hydrogen (secondary N) is 2. The number of carbonyl (C=O) groups is 2. The molecule has 35 heavy (non-hydrogen) atoms. The highest BCUT2D eigenvalue weighted by Crippen LogP contribution is 2.32. The predicted molar refractivity (Wildman–Crippen MR) is 142 cm³/mol. The van der Waals surface area contributed by atoms with Gasteiger partial charge in [-0.2, -0.15) is 0 Å². The van der Waals surface area contributed by atoms with Gasteiger partial charge in [0.1, 0.15) is 5.41 Å². The molecule has 8 nitrogen and oxygen atoms in total. The summed E-state index contributed by atoms with van der Waals surface area (Å²) in [5.41, 5.74) is 16.5. The van der Waals surface area contributed by atoms with Crippen LogP contribution in [-0.4, -0.2) is 21.8 Å². The van der Waals surface area contributed by atoms with Crippen LogP contribution in [0.2, 0.25) is 0 Å². The maximum atomic E-state index is 13.5. The Labute approximate surface area is 204 Å². The van der Waals surface area contributed by atoms with Crippen molar-refractivity contribution in [1.29, 1.82) is 0 Å². The first-order chi connectivity index (χ1) is 16.7. The Morgan fingerprint density at radius 3 is 1.51 bits per heavy atom. The minimum Gasteiger partial charge on any atom is -0.398 e. The molecule has 0 aliphatic carbocycles. The number of amides is 2. The lowest BCUT2D eigenvalue weighted by Gasteiger charge is -2.29. The van der Waals surface area contributed by atoms with E-state index in [9.17, 15) is 9.59 Å². The summed E-state index contributed by atoms with van der Waals surface area (Å²) in [4.78, 5) is 35.9. The van der Waals surface area contributed by atoms with Gasteiger partial charge >= 0.3 is 0 Å². The summed E-state index contributed by atoms with van der Waals surface area (Å²) in [5, 5.41) is 7.32. The van der Waals surface area contributed by atoms with Crippen LogP contribution < -0.4 is 22.1 Å². The van der Waals surface area contributed by atoms with Gasteiger partial charge < -0.3 is 22.1 Å². The average Bonchev–Trinajstić information content (AvgIpc) is 2.81. The van der Waals surface area contributed by atoms with E-state index >= 15 is 0 Å². The van der Waals surface area contributed by atoms with Gasteiger partial charge in [-0.05, 0) is 75.2 Å². The lowest BCUT2D eigenvalue weighted by Crippen LogP contribution is -2.45. The normalized spacial score (nSPS) is 11.5. The van der Waals surface area contributed by atoms with Crippen molar-refractivity contribution in [2.45, 2.75) is 40.5 Å². The first kappa shape index (κ1) is 23.9. The summed E-state index contributed by atoms with van der Waals surface area (Å²) in [6.45, 7) is 7.42. The van der Waals surface area contributed by atoms with Gasteiger partial charge in [-0.3, -0.25) is 19.6 Å². The summed E-state index contributed by atoms with van der Waals surface area (Å²) in [6.07, 6.45) is 0.655. The number of pyridine rings is 2. The second kappa shape index (κ2) is 9.21. The number of fused-ring (bicyclic) bond motifs is 2. The van der Waals surface area contributed by atoms with E-state index in [4.69, 9.17) is 11.5 Å². The molecule has 0 spiro atoms. The molecule has 2 heterocycles. The zero-order valence-electron chi connectivity index (χ0n) is 20.4. The number of rotatable bonds is 6. The molecule has 2 aromatic carbocycles. The summed E-state index contributed by atoms with van der Waals surface area (Å²) in [6, 6.07) is 14.3. The molecular weight excluding hydrogens is 440 g/mol. The standard InChI is InChI=1S/C27H30N6O2/c1-5-27(6-2,25(34)32-17-7-9-23-19(13-17)21(28)11-15(3)30-23)26(35)33-18-8-10-24-20(14-18)22(29)12-16(4)31-24/h7-14H,5-6H2,1-4H3,(H2,28,30)(H2,29,31)(H,32,34)(H,33,35). The van der Waals surface area contributed by atoms with Crippen LogP contribution in [0.15, 0.2) is 48.5 Å².